The molecule has 4 N–H and O–H groups in total. The van der Waals surface area contributed by atoms with Gasteiger partial charge in [0.1, 0.15) is 0 Å². The number of nitrogens with two attached hydrogens (primary N) is 2. The van der Waals surface area contributed by atoms with Crippen molar-refractivity contribution in [2.45, 2.75) is 0 Å². The molecule has 0 spiro atoms. The van der Waals surface area contributed by atoms with Crippen LogP contribution in [-0.2, 0) is 0 Å². The first-order valence-electron chi connectivity index (χ1n) is 7.89. The van der Waals surface area contributed by atoms with Crippen LogP contribution in [0.1, 0.15) is 10.4 Å². The Kier molecular flexibility index (Phi) is 7.98. The second-order valence-corrected chi connectivity index (χ2v) is 5.47. The lowest BCUT2D eigenvalue weighted by molar-refractivity contribution is 0.0686. The van der Waals surface area contributed by atoms with Crippen LogP contribution in [0.2, 0.25) is 0 Å². The minimum atomic E-state index is -0.851. The third-order valence-electron chi connectivity index (χ3n) is 4.05. The van der Waals surface area contributed by atoms with Gasteiger partial charge >= 0.3 is 6.03 Å². The highest BCUT2D eigenvalue weighted by Crippen LogP contribution is 2.40. The Balaban J connectivity index is 0.00000364. The summed E-state index contributed by atoms with van der Waals surface area (Å²) in [5, 5.41) is 0. The van der Waals surface area contributed by atoms with Crippen LogP contribution in [0.15, 0.2) is 17.1 Å². The average molecular weight is 402 g/mol. The van der Waals surface area contributed by atoms with E-state index < -0.39 is 6.03 Å². The van der Waals surface area contributed by atoms with Gasteiger partial charge < -0.3 is 35.5 Å². The van der Waals surface area contributed by atoms with Crippen LogP contribution >= 0.6 is 12.4 Å². The Labute approximate surface area is 163 Å². The SMILES string of the molecule is COc1ccc(C(=O)N2CCN(C(N)=NC(N)=O)CC2)c(OC)c1OC.Cl. The van der Waals surface area contributed by atoms with Crippen LogP contribution in [-0.4, -0.2) is 75.2 Å². The van der Waals surface area contributed by atoms with Crippen molar-refractivity contribution in [3.63, 3.8) is 0 Å². The molecule has 150 valence electrons. The number of aliphatic imine (C=N–C) groups is 1. The van der Waals surface area contributed by atoms with E-state index in [4.69, 9.17) is 25.7 Å². The summed E-state index contributed by atoms with van der Waals surface area (Å²) in [6.07, 6.45) is 0. The number of carbonyl (C=O) groups is 2. The average Bonchev–Trinajstić information content (AvgIpc) is 2.65. The maximum atomic E-state index is 12.9. The van der Waals surface area contributed by atoms with Gasteiger partial charge in [-0.2, -0.15) is 4.99 Å². The van der Waals surface area contributed by atoms with Crippen molar-refractivity contribution in [2.75, 3.05) is 47.5 Å². The Bertz CT molecular complexity index is 719. The van der Waals surface area contributed by atoms with E-state index in [1.54, 1.807) is 21.9 Å². The molecule has 0 unspecified atom stereocenters. The summed E-state index contributed by atoms with van der Waals surface area (Å²) < 4.78 is 15.9. The maximum Gasteiger partial charge on any atom is 0.341 e. The Hall–Kier alpha value is -2.88. The van der Waals surface area contributed by atoms with Crippen molar-refractivity contribution in [1.82, 2.24) is 9.80 Å². The van der Waals surface area contributed by atoms with Crippen molar-refractivity contribution >= 4 is 30.3 Å². The molecular weight excluding hydrogens is 378 g/mol. The third-order valence-corrected chi connectivity index (χ3v) is 4.05. The molecule has 10 nitrogen and oxygen atoms in total. The van der Waals surface area contributed by atoms with E-state index in [0.29, 0.717) is 49.0 Å². The van der Waals surface area contributed by atoms with Gasteiger partial charge in [0.2, 0.25) is 11.7 Å². The van der Waals surface area contributed by atoms with Crippen LogP contribution < -0.4 is 25.7 Å². The van der Waals surface area contributed by atoms with Crippen molar-refractivity contribution in [3.8, 4) is 17.2 Å². The van der Waals surface area contributed by atoms with E-state index in [0.717, 1.165) is 0 Å². The van der Waals surface area contributed by atoms with Crippen LogP contribution in [0.4, 0.5) is 4.79 Å². The molecule has 1 fully saturated rings. The number of hydrogen-bond donors (Lipinski definition) is 2. The summed E-state index contributed by atoms with van der Waals surface area (Å²) in [4.78, 5) is 30.6. The lowest BCUT2D eigenvalue weighted by Gasteiger charge is -2.35. The maximum absolute atomic E-state index is 12.9. The predicted molar refractivity (Wildman–Crippen MR) is 102 cm³/mol. The van der Waals surface area contributed by atoms with Gasteiger partial charge in [-0.1, -0.05) is 0 Å². The fourth-order valence-electron chi connectivity index (χ4n) is 2.76. The molecule has 2 rings (SSSR count). The fourth-order valence-corrected chi connectivity index (χ4v) is 2.76. The van der Waals surface area contributed by atoms with Gasteiger partial charge in [0.15, 0.2) is 11.5 Å². The molecule has 3 amide bonds. The van der Waals surface area contributed by atoms with Gasteiger partial charge in [-0.05, 0) is 12.1 Å². The van der Waals surface area contributed by atoms with Gasteiger partial charge in [-0.25, -0.2) is 4.79 Å². The molecule has 1 aliphatic rings. The number of carbonyl (C=O) groups excluding carboxylic acids is 2. The quantitative estimate of drug-likeness (QED) is 0.547. The number of urea groups is 1. The second-order valence-electron chi connectivity index (χ2n) is 5.47. The Morgan fingerprint density at radius 2 is 1.48 bits per heavy atom. The number of ether oxygens (including phenoxy) is 3. The number of methoxy groups -OCH3 is 3. The summed E-state index contributed by atoms with van der Waals surface area (Å²) in [5.74, 6) is 0.994. The highest BCUT2D eigenvalue weighted by atomic mass is 35.5. The van der Waals surface area contributed by atoms with E-state index in [-0.39, 0.29) is 24.3 Å². The first kappa shape index (κ1) is 22.2. The molecular formula is C16H24ClN5O5. The van der Waals surface area contributed by atoms with E-state index in [2.05, 4.69) is 4.99 Å². The number of halogens is 1. The summed E-state index contributed by atoms with van der Waals surface area (Å²) >= 11 is 0. The predicted octanol–water partition coefficient (Wildman–Crippen LogP) is 0.285. The lowest BCUT2D eigenvalue weighted by atomic mass is 10.1. The molecule has 0 atom stereocenters. The molecule has 1 aliphatic heterocycles. The smallest absolute Gasteiger partial charge is 0.341 e. The highest BCUT2D eigenvalue weighted by molar-refractivity contribution is 5.98. The molecule has 0 radical (unpaired) electrons. The molecule has 1 saturated heterocycles. The molecule has 1 heterocycles. The van der Waals surface area contributed by atoms with Gasteiger partial charge in [0, 0.05) is 26.2 Å². The van der Waals surface area contributed by atoms with Crippen molar-refractivity contribution in [3.05, 3.63) is 17.7 Å². The number of primary amides is 1. The molecule has 0 aliphatic carbocycles. The van der Waals surface area contributed by atoms with Gasteiger partial charge in [-0.3, -0.25) is 4.79 Å². The van der Waals surface area contributed by atoms with E-state index in [1.165, 1.54) is 21.3 Å². The number of benzene rings is 1. The second kappa shape index (κ2) is 9.72. The van der Waals surface area contributed by atoms with Crippen LogP contribution in [0.5, 0.6) is 17.2 Å². The largest absolute Gasteiger partial charge is 0.493 e. The third kappa shape index (κ3) is 4.85. The molecule has 11 heteroatoms. The number of nitrogens with zero attached hydrogens (tertiary/aromatic N) is 3. The lowest BCUT2D eigenvalue weighted by Crippen LogP contribution is -2.52. The summed E-state index contributed by atoms with van der Waals surface area (Å²) in [7, 11) is 4.46. The highest BCUT2D eigenvalue weighted by Gasteiger charge is 2.27. The van der Waals surface area contributed by atoms with E-state index in [9.17, 15) is 9.59 Å². The standard InChI is InChI=1S/C16H23N5O5.ClH/c1-24-11-5-4-10(12(25-2)13(11)26-3)14(22)20-6-8-21(9-7-20)15(17)19-16(18)23;/h4-5H,6-9H2,1-3H3,(H4,17,18,19,23);1H. The zero-order valence-electron chi connectivity index (χ0n) is 15.4. The summed E-state index contributed by atoms with van der Waals surface area (Å²) in [6, 6.07) is 2.44. The topological polar surface area (TPSA) is 133 Å². The fraction of sp³-hybridized carbons (Fsp3) is 0.438. The van der Waals surface area contributed by atoms with Gasteiger partial charge in [-0.15, -0.1) is 12.4 Å². The molecule has 1 aromatic carbocycles. The number of piperazine rings is 1. The Morgan fingerprint density at radius 1 is 0.926 bits per heavy atom. The first-order valence-corrected chi connectivity index (χ1v) is 7.89. The zero-order chi connectivity index (χ0) is 19.3. The summed E-state index contributed by atoms with van der Waals surface area (Å²) in [6.45, 7) is 1.69. The monoisotopic (exact) mass is 401 g/mol. The molecule has 0 bridgehead atoms. The number of amides is 3. The van der Waals surface area contributed by atoms with Crippen molar-refractivity contribution < 1.29 is 23.8 Å². The molecule has 0 saturated carbocycles. The minimum absolute atomic E-state index is 0. The molecule has 0 aromatic heterocycles. The van der Waals surface area contributed by atoms with Crippen molar-refractivity contribution in [2.24, 2.45) is 16.5 Å². The first-order chi connectivity index (χ1) is 12.4. The van der Waals surface area contributed by atoms with Crippen LogP contribution in [0.3, 0.4) is 0 Å². The van der Waals surface area contributed by atoms with E-state index >= 15 is 0 Å². The molecule has 1 aromatic rings. The summed E-state index contributed by atoms with van der Waals surface area (Å²) in [5.41, 5.74) is 11.1. The van der Waals surface area contributed by atoms with Gasteiger partial charge in [0.25, 0.3) is 5.91 Å². The molecule has 27 heavy (non-hydrogen) atoms. The number of hydrogen-bond acceptors (Lipinski definition) is 5. The van der Waals surface area contributed by atoms with Crippen LogP contribution in [0, 0.1) is 0 Å². The van der Waals surface area contributed by atoms with E-state index in [1.807, 2.05) is 0 Å². The number of rotatable bonds is 4. The van der Waals surface area contributed by atoms with Gasteiger partial charge in [0.05, 0.1) is 26.9 Å². The Morgan fingerprint density at radius 3 is 1.96 bits per heavy atom. The number of guanidine groups is 1. The zero-order valence-corrected chi connectivity index (χ0v) is 16.2. The van der Waals surface area contributed by atoms with Crippen molar-refractivity contribution in [1.29, 1.82) is 0 Å². The minimum Gasteiger partial charge on any atom is -0.493 e. The van der Waals surface area contributed by atoms with Crippen LogP contribution in [0.25, 0.3) is 0 Å². The normalized spacial score (nSPS) is 14.3.